The number of benzene rings is 2. The summed E-state index contributed by atoms with van der Waals surface area (Å²) in [6.07, 6.45) is 0. The van der Waals surface area contributed by atoms with E-state index in [1.54, 1.807) is 36.4 Å². The van der Waals surface area contributed by atoms with Crippen molar-refractivity contribution in [2.45, 2.75) is 13.8 Å². The molecular formula is C21H20N4O3. The maximum atomic E-state index is 12.4. The number of ether oxygens (including phenoxy) is 1. The van der Waals surface area contributed by atoms with Crippen LogP contribution in [0, 0.1) is 13.8 Å². The fourth-order valence-electron chi connectivity index (χ4n) is 2.59. The Balaban J connectivity index is 1.74. The Morgan fingerprint density at radius 1 is 0.929 bits per heavy atom. The molecule has 0 saturated carbocycles. The van der Waals surface area contributed by atoms with E-state index in [4.69, 9.17) is 4.74 Å². The molecule has 7 heteroatoms. The number of carbonyl (C=O) groups excluding carboxylic acids is 2. The van der Waals surface area contributed by atoms with Crippen LogP contribution < -0.4 is 10.6 Å². The van der Waals surface area contributed by atoms with Crippen molar-refractivity contribution in [1.82, 2.24) is 10.2 Å². The number of rotatable bonds is 5. The van der Waals surface area contributed by atoms with Gasteiger partial charge in [-0.1, -0.05) is 24.3 Å². The number of anilines is 3. The zero-order valence-electron chi connectivity index (χ0n) is 15.8. The van der Waals surface area contributed by atoms with Gasteiger partial charge in [0.25, 0.3) is 5.91 Å². The molecule has 0 atom stereocenters. The molecule has 0 unspecified atom stereocenters. The van der Waals surface area contributed by atoms with E-state index in [0.717, 1.165) is 16.8 Å². The Kier molecular flexibility index (Phi) is 5.64. The van der Waals surface area contributed by atoms with Crippen LogP contribution in [0.5, 0.6) is 0 Å². The summed E-state index contributed by atoms with van der Waals surface area (Å²) in [6.45, 7) is 3.88. The molecule has 0 aliphatic carbocycles. The second-order valence-electron chi connectivity index (χ2n) is 6.24. The topological polar surface area (TPSA) is 93.2 Å². The second kappa shape index (κ2) is 8.30. The molecule has 0 saturated heterocycles. The zero-order chi connectivity index (χ0) is 20.1. The van der Waals surface area contributed by atoms with Gasteiger partial charge >= 0.3 is 5.97 Å². The predicted octanol–water partition coefficient (Wildman–Crippen LogP) is 3.88. The highest BCUT2D eigenvalue weighted by molar-refractivity contribution is 6.03. The van der Waals surface area contributed by atoms with Gasteiger partial charge in [-0.05, 0) is 55.3 Å². The third kappa shape index (κ3) is 4.32. The Labute approximate surface area is 162 Å². The molecule has 142 valence electrons. The van der Waals surface area contributed by atoms with Crippen molar-refractivity contribution in [2.75, 3.05) is 17.7 Å². The van der Waals surface area contributed by atoms with E-state index < -0.39 is 5.97 Å². The quantitative estimate of drug-likeness (QED) is 0.657. The minimum Gasteiger partial charge on any atom is -0.465 e. The number of nitrogens with one attached hydrogen (secondary N) is 2. The van der Waals surface area contributed by atoms with Crippen LogP contribution in [0.2, 0.25) is 0 Å². The SMILES string of the molecule is COC(=O)c1ccccc1Nc1ccc(C(=O)Nc2cc(C)ccc2C)nn1. The van der Waals surface area contributed by atoms with Gasteiger partial charge in [-0.2, -0.15) is 0 Å². The maximum Gasteiger partial charge on any atom is 0.339 e. The van der Waals surface area contributed by atoms with Gasteiger partial charge in [-0.3, -0.25) is 4.79 Å². The molecule has 0 spiro atoms. The number of nitrogens with zero attached hydrogens (tertiary/aromatic N) is 2. The molecule has 2 aromatic carbocycles. The molecule has 1 amide bonds. The molecule has 0 bridgehead atoms. The third-order valence-corrected chi connectivity index (χ3v) is 4.13. The molecule has 0 fully saturated rings. The molecule has 3 rings (SSSR count). The fraction of sp³-hybridized carbons (Fsp3) is 0.143. The normalized spacial score (nSPS) is 10.2. The first kappa shape index (κ1) is 19.0. The van der Waals surface area contributed by atoms with E-state index in [9.17, 15) is 9.59 Å². The first-order valence-electron chi connectivity index (χ1n) is 8.64. The van der Waals surface area contributed by atoms with Gasteiger partial charge in [0, 0.05) is 5.69 Å². The minimum absolute atomic E-state index is 0.188. The van der Waals surface area contributed by atoms with E-state index >= 15 is 0 Å². The van der Waals surface area contributed by atoms with Gasteiger partial charge in [0.05, 0.1) is 18.4 Å². The number of hydrogen-bond acceptors (Lipinski definition) is 6. The van der Waals surface area contributed by atoms with Gasteiger partial charge in [-0.15, -0.1) is 10.2 Å². The number of methoxy groups -OCH3 is 1. The minimum atomic E-state index is -0.458. The van der Waals surface area contributed by atoms with Crippen molar-refractivity contribution in [2.24, 2.45) is 0 Å². The highest BCUT2D eigenvalue weighted by Gasteiger charge is 2.13. The van der Waals surface area contributed by atoms with Crippen molar-refractivity contribution in [3.63, 3.8) is 0 Å². The number of aryl methyl sites for hydroxylation is 2. The first-order valence-corrected chi connectivity index (χ1v) is 8.64. The number of para-hydroxylation sites is 1. The van der Waals surface area contributed by atoms with Crippen LogP contribution in [0.1, 0.15) is 32.0 Å². The standard InChI is InChI=1S/C21H20N4O3/c1-13-8-9-14(2)18(12-13)23-20(26)17-10-11-19(25-24-17)22-16-7-5-4-6-15(16)21(27)28-3/h4-12H,1-3H3,(H,22,25)(H,23,26). The van der Waals surface area contributed by atoms with Gasteiger partial charge < -0.3 is 15.4 Å². The summed E-state index contributed by atoms with van der Waals surface area (Å²) in [4.78, 5) is 24.3. The number of hydrogen-bond donors (Lipinski definition) is 2. The summed E-state index contributed by atoms with van der Waals surface area (Å²) < 4.78 is 4.77. The summed E-state index contributed by atoms with van der Waals surface area (Å²) in [5, 5.41) is 13.9. The zero-order valence-corrected chi connectivity index (χ0v) is 15.8. The maximum absolute atomic E-state index is 12.4. The lowest BCUT2D eigenvalue weighted by atomic mass is 10.1. The average molecular weight is 376 g/mol. The number of amides is 1. The van der Waals surface area contributed by atoms with E-state index in [0.29, 0.717) is 17.1 Å². The highest BCUT2D eigenvalue weighted by atomic mass is 16.5. The Morgan fingerprint density at radius 2 is 1.71 bits per heavy atom. The van der Waals surface area contributed by atoms with E-state index in [1.807, 2.05) is 32.0 Å². The lowest BCUT2D eigenvalue weighted by molar-refractivity contribution is 0.0601. The van der Waals surface area contributed by atoms with Crippen LogP contribution in [-0.4, -0.2) is 29.2 Å². The smallest absolute Gasteiger partial charge is 0.339 e. The number of aromatic nitrogens is 2. The van der Waals surface area contributed by atoms with E-state index in [-0.39, 0.29) is 11.6 Å². The van der Waals surface area contributed by atoms with Crippen molar-refractivity contribution in [1.29, 1.82) is 0 Å². The third-order valence-electron chi connectivity index (χ3n) is 4.13. The molecule has 0 radical (unpaired) electrons. The Hall–Kier alpha value is -3.74. The summed E-state index contributed by atoms with van der Waals surface area (Å²) in [6, 6.07) is 15.9. The summed E-state index contributed by atoms with van der Waals surface area (Å²) in [5.74, 6) is -0.400. The fourth-order valence-corrected chi connectivity index (χ4v) is 2.59. The average Bonchev–Trinajstić information content (AvgIpc) is 2.71. The number of carbonyl (C=O) groups is 2. The molecule has 28 heavy (non-hydrogen) atoms. The molecule has 0 aliphatic heterocycles. The van der Waals surface area contributed by atoms with Crippen molar-refractivity contribution in [3.8, 4) is 0 Å². The van der Waals surface area contributed by atoms with Crippen LogP contribution in [0.4, 0.5) is 17.2 Å². The summed E-state index contributed by atoms with van der Waals surface area (Å²) >= 11 is 0. The summed E-state index contributed by atoms with van der Waals surface area (Å²) in [7, 11) is 1.32. The molecule has 3 aromatic rings. The van der Waals surface area contributed by atoms with E-state index in [2.05, 4.69) is 20.8 Å². The molecule has 7 nitrogen and oxygen atoms in total. The van der Waals surface area contributed by atoms with Crippen molar-refractivity contribution in [3.05, 3.63) is 77.0 Å². The van der Waals surface area contributed by atoms with Crippen molar-refractivity contribution >= 4 is 29.1 Å². The van der Waals surface area contributed by atoms with Crippen LogP contribution in [0.15, 0.2) is 54.6 Å². The summed E-state index contributed by atoms with van der Waals surface area (Å²) in [5.41, 5.74) is 3.86. The first-order chi connectivity index (χ1) is 13.5. The molecular weight excluding hydrogens is 356 g/mol. The van der Waals surface area contributed by atoms with Crippen LogP contribution in [0.3, 0.4) is 0 Å². The molecule has 1 aromatic heterocycles. The highest BCUT2D eigenvalue weighted by Crippen LogP contribution is 2.21. The lowest BCUT2D eigenvalue weighted by Gasteiger charge is -2.10. The Morgan fingerprint density at radius 3 is 2.43 bits per heavy atom. The molecule has 2 N–H and O–H groups in total. The Bertz CT molecular complexity index is 1020. The van der Waals surface area contributed by atoms with Gasteiger partial charge in [0.15, 0.2) is 11.5 Å². The van der Waals surface area contributed by atoms with Crippen LogP contribution in [-0.2, 0) is 4.74 Å². The van der Waals surface area contributed by atoms with E-state index in [1.165, 1.54) is 7.11 Å². The predicted molar refractivity (Wildman–Crippen MR) is 107 cm³/mol. The largest absolute Gasteiger partial charge is 0.465 e. The van der Waals surface area contributed by atoms with Crippen molar-refractivity contribution < 1.29 is 14.3 Å². The van der Waals surface area contributed by atoms with Gasteiger partial charge in [0.1, 0.15) is 0 Å². The second-order valence-corrected chi connectivity index (χ2v) is 6.24. The molecule has 0 aliphatic rings. The lowest BCUT2D eigenvalue weighted by Crippen LogP contribution is -2.15. The van der Waals surface area contributed by atoms with Gasteiger partial charge in [-0.25, -0.2) is 4.79 Å². The number of esters is 1. The molecule has 1 heterocycles. The van der Waals surface area contributed by atoms with Gasteiger partial charge in [0.2, 0.25) is 0 Å². The van der Waals surface area contributed by atoms with Crippen LogP contribution >= 0.6 is 0 Å². The monoisotopic (exact) mass is 376 g/mol. The van der Waals surface area contributed by atoms with Crippen LogP contribution in [0.25, 0.3) is 0 Å².